The van der Waals surface area contributed by atoms with Crippen LogP contribution in [0, 0.1) is 13.8 Å². The summed E-state index contributed by atoms with van der Waals surface area (Å²) in [4.78, 5) is 2.53. The summed E-state index contributed by atoms with van der Waals surface area (Å²) in [7, 11) is -6.00. The fourth-order valence-corrected chi connectivity index (χ4v) is 4.23. The molecule has 0 aromatic heterocycles. The molecular weight excluding hydrogens is 367 g/mol. The number of hydrogen-bond donors (Lipinski definition) is 0. The minimum atomic E-state index is -6.00. The molecule has 1 fully saturated rings. The van der Waals surface area contributed by atoms with Gasteiger partial charge in [0.05, 0.1) is 0 Å². The number of anilines is 1. The van der Waals surface area contributed by atoms with Gasteiger partial charge in [-0.3, -0.25) is 0 Å². The van der Waals surface area contributed by atoms with E-state index in [1.165, 1.54) is 48.2 Å². The fourth-order valence-electron chi connectivity index (χ4n) is 4.23. The third-order valence-corrected chi connectivity index (χ3v) is 5.44. The number of rotatable bonds is 2. The van der Waals surface area contributed by atoms with Crippen LogP contribution in [-0.4, -0.2) is 30.3 Å². The zero-order chi connectivity index (χ0) is 20.3. The summed E-state index contributed by atoms with van der Waals surface area (Å²) in [5.41, 5.74) is 5.44. The summed E-state index contributed by atoms with van der Waals surface area (Å²) >= 11 is 0. The van der Waals surface area contributed by atoms with Crippen molar-refractivity contribution in [2.24, 2.45) is 0 Å². The van der Waals surface area contributed by atoms with Crippen molar-refractivity contribution < 1.29 is 21.8 Å². The first-order chi connectivity index (χ1) is 13.3. The first-order valence-electron chi connectivity index (χ1n) is 9.66. The molecule has 1 heterocycles. The molecule has 0 saturated heterocycles. The zero-order valence-corrected chi connectivity index (χ0v) is 16.2. The highest BCUT2D eigenvalue weighted by molar-refractivity contribution is 6.50. The van der Waals surface area contributed by atoms with E-state index in [2.05, 4.69) is 78.2 Å². The minimum Gasteiger partial charge on any atom is -0.418 e. The highest BCUT2D eigenvalue weighted by Crippen LogP contribution is 2.36. The molecule has 28 heavy (non-hydrogen) atoms. The smallest absolute Gasteiger partial charge is 0.418 e. The van der Waals surface area contributed by atoms with Crippen molar-refractivity contribution in [2.75, 3.05) is 4.90 Å². The molecule has 1 aliphatic heterocycles. The van der Waals surface area contributed by atoms with Gasteiger partial charge < -0.3 is 17.3 Å². The molecule has 0 bridgehead atoms. The van der Waals surface area contributed by atoms with Crippen molar-refractivity contribution in [2.45, 2.75) is 51.6 Å². The molecule has 150 valence electrons. The van der Waals surface area contributed by atoms with Crippen molar-refractivity contribution in [3.63, 3.8) is 0 Å². The van der Waals surface area contributed by atoms with Crippen LogP contribution in [-0.2, 0) is 0 Å². The average molecular weight is 392 g/mol. The van der Waals surface area contributed by atoms with Crippen LogP contribution in [0.3, 0.4) is 0 Å². The molecule has 7 heteroatoms. The standard InChI is InChI=1S/C21H25N2.BF4/c1-16-9-3-5-11-18(16)22-15-23(19-12-6-4-10-17(19)2)21-14-8-7-13-20(21)22;2-1(3,4)5/h3-6,9-12,15,20-21H,7-8,13-14H2,1-2H3;/q+1;-1/t20-,21-;/m1./s1. The Morgan fingerprint density at radius 2 is 1.43 bits per heavy atom. The lowest BCUT2D eigenvalue weighted by atomic mass is 9.89. The maximum absolute atomic E-state index is 9.75. The van der Waals surface area contributed by atoms with Crippen LogP contribution in [0.2, 0.25) is 0 Å². The topological polar surface area (TPSA) is 6.25 Å². The second-order valence-corrected chi connectivity index (χ2v) is 7.42. The minimum absolute atomic E-state index is 0.601. The molecule has 1 aliphatic carbocycles. The molecule has 0 radical (unpaired) electrons. The Balaban J connectivity index is 0.000000403. The first-order valence-corrected chi connectivity index (χ1v) is 9.66. The molecule has 0 spiro atoms. The Morgan fingerprint density at radius 1 is 0.857 bits per heavy atom. The van der Waals surface area contributed by atoms with E-state index in [0.29, 0.717) is 12.1 Å². The second-order valence-electron chi connectivity index (χ2n) is 7.42. The summed E-state index contributed by atoms with van der Waals surface area (Å²) in [5, 5.41) is 0. The molecule has 2 aromatic rings. The maximum atomic E-state index is 9.75. The second kappa shape index (κ2) is 8.37. The molecule has 4 rings (SSSR count). The van der Waals surface area contributed by atoms with Gasteiger partial charge in [-0.2, -0.15) is 0 Å². The van der Waals surface area contributed by atoms with E-state index in [1.807, 2.05) is 0 Å². The molecule has 1 saturated carbocycles. The average Bonchev–Trinajstić information content (AvgIpc) is 3.01. The Bertz CT molecular complexity index is 844. The largest absolute Gasteiger partial charge is 0.673 e. The van der Waals surface area contributed by atoms with E-state index >= 15 is 0 Å². The SMILES string of the molecule is Cc1ccccc1N1C=[N+](c2ccccc2C)[C@@H]2CCCC[C@H]21.F[B-](F)(F)F. The number of nitrogens with zero attached hydrogens (tertiary/aromatic N) is 2. The Labute approximate surface area is 163 Å². The highest BCUT2D eigenvalue weighted by Gasteiger charge is 2.45. The molecule has 0 amide bonds. The summed E-state index contributed by atoms with van der Waals surface area (Å²) < 4.78 is 41.5. The normalized spacial score (nSPS) is 21.5. The summed E-state index contributed by atoms with van der Waals surface area (Å²) in [5.74, 6) is 0. The van der Waals surface area contributed by atoms with Gasteiger partial charge in [-0.1, -0.05) is 36.4 Å². The quantitative estimate of drug-likeness (QED) is 0.340. The Hall–Kier alpha value is -2.31. The van der Waals surface area contributed by atoms with Crippen molar-refractivity contribution in [3.8, 4) is 0 Å². The Kier molecular flexibility index (Phi) is 6.11. The molecule has 0 N–H and O–H groups in total. The van der Waals surface area contributed by atoms with Crippen molar-refractivity contribution in [3.05, 3.63) is 59.7 Å². The number of halogens is 4. The van der Waals surface area contributed by atoms with Gasteiger partial charge in [-0.25, -0.2) is 9.48 Å². The van der Waals surface area contributed by atoms with Gasteiger partial charge >= 0.3 is 7.25 Å². The Morgan fingerprint density at radius 3 is 2.07 bits per heavy atom. The van der Waals surface area contributed by atoms with Gasteiger partial charge in [-0.05, 0) is 62.8 Å². The summed E-state index contributed by atoms with van der Waals surface area (Å²) in [6, 6.07) is 18.7. The predicted molar refractivity (Wildman–Crippen MR) is 107 cm³/mol. The van der Waals surface area contributed by atoms with Crippen LogP contribution < -0.4 is 4.90 Å². The molecule has 0 unspecified atom stereocenters. The first kappa shape index (κ1) is 20.4. The number of para-hydroxylation sites is 2. The van der Waals surface area contributed by atoms with Crippen molar-refractivity contribution in [1.82, 2.24) is 0 Å². The summed E-state index contributed by atoms with van der Waals surface area (Å²) in [6.45, 7) is 4.44. The zero-order valence-electron chi connectivity index (χ0n) is 16.2. The van der Waals surface area contributed by atoms with Crippen LogP contribution in [0.5, 0.6) is 0 Å². The fraction of sp³-hybridized carbons (Fsp3) is 0.381. The monoisotopic (exact) mass is 392 g/mol. The maximum Gasteiger partial charge on any atom is 0.673 e. The van der Waals surface area contributed by atoms with Gasteiger partial charge in [0.25, 0.3) is 0 Å². The van der Waals surface area contributed by atoms with Gasteiger partial charge in [0.2, 0.25) is 6.34 Å². The lowest BCUT2D eigenvalue weighted by molar-refractivity contribution is -0.477. The van der Waals surface area contributed by atoms with Crippen LogP contribution in [0.4, 0.5) is 28.6 Å². The highest BCUT2D eigenvalue weighted by atomic mass is 19.5. The third-order valence-electron chi connectivity index (χ3n) is 5.44. The van der Waals surface area contributed by atoms with Crippen molar-refractivity contribution in [1.29, 1.82) is 0 Å². The van der Waals surface area contributed by atoms with Crippen molar-refractivity contribution >= 4 is 25.0 Å². The van der Waals surface area contributed by atoms with Gasteiger partial charge in [0, 0.05) is 0 Å². The number of fused-ring (bicyclic) bond motifs is 1. The summed E-state index contributed by atoms with van der Waals surface area (Å²) in [6.07, 6.45) is 7.64. The van der Waals surface area contributed by atoms with E-state index < -0.39 is 7.25 Å². The number of hydrogen-bond acceptors (Lipinski definition) is 1. The van der Waals surface area contributed by atoms with E-state index in [1.54, 1.807) is 0 Å². The van der Waals surface area contributed by atoms with E-state index in [0.717, 1.165) is 0 Å². The van der Waals surface area contributed by atoms with E-state index in [4.69, 9.17) is 0 Å². The van der Waals surface area contributed by atoms with Crippen LogP contribution in [0.1, 0.15) is 36.8 Å². The van der Waals surface area contributed by atoms with Crippen LogP contribution in [0.15, 0.2) is 48.5 Å². The predicted octanol–water partition coefficient (Wildman–Crippen LogP) is 6.11. The lowest BCUT2D eigenvalue weighted by Crippen LogP contribution is -2.40. The van der Waals surface area contributed by atoms with Crippen LogP contribution in [0.25, 0.3) is 0 Å². The number of aryl methyl sites for hydroxylation is 2. The third kappa shape index (κ3) is 4.75. The van der Waals surface area contributed by atoms with E-state index in [9.17, 15) is 17.3 Å². The number of benzene rings is 2. The molecule has 2 atom stereocenters. The molecule has 2 aromatic carbocycles. The van der Waals surface area contributed by atoms with E-state index in [-0.39, 0.29) is 0 Å². The van der Waals surface area contributed by atoms with Gasteiger partial charge in [0.15, 0.2) is 0 Å². The lowest BCUT2D eigenvalue weighted by Gasteiger charge is -2.27. The van der Waals surface area contributed by atoms with Gasteiger partial charge in [-0.15, -0.1) is 0 Å². The molecule has 2 aliphatic rings. The molecule has 2 nitrogen and oxygen atoms in total. The van der Waals surface area contributed by atoms with Crippen LogP contribution >= 0.6 is 0 Å². The van der Waals surface area contributed by atoms with Gasteiger partial charge in [0.1, 0.15) is 23.5 Å². The molecular formula is C21H25BF4N2.